The highest BCUT2D eigenvalue weighted by Crippen LogP contribution is 2.32. The Bertz CT molecular complexity index is 309. The van der Waals surface area contributed by atoms with Gasteiger partial charge in [0.15, 0.2) is 0 Å². The summed E-state index contributed by atoms with van der Waals surface area (Å²) in [7, 11) is 0. The standard InChI is InChI=1S/C8H10BrNO3/c1-4-3-6(10(12)13)7(9)5(2)8(4)11/h3-4,8,11H,1-2H3. The predicted molar refractivity (Wildman–Crippen MR) is 51.9 cm³/mol. The van der Waals surface area contributed by atoms with Gasteiger partial charge in [-0.3, -0.25) is 10.1 Å². The van der Waals surface area contributed by atoms with E-state index in [-0.39, 0.29) is 11.6 Å². The zero-order chi connectivity index (χ0) is 10.2. The molecule has 0 aliphatic heterocycles. The van der Waals surface area contributed by atoms with Crippen molar-refractivity contribution in [2.45, 2.75) is 20.0 Å². The lowest BCUT2D eigenvalue weighted by Crippen LogP contribution is -2.23. The molecule has 5 heteroatoms. The number of rotatable bonds is 1. The van der Waals surface area contributed by atoms with Crippen molar-refractivity contribution in [1.82, 2.24) is 0 Å². The Balaban J connectivity index is 3.13. The van der Waals surface area contributed by atoms with E-state index in [1.54, 1.807) is 13.8 Å². The first-order chi connectivity index (χ1) is 5.95. The summed E-state index contributed by atoms with van der Waals surface area (Å²) < 4.78 is 0.392. The third-order valence-electron chi connectivity index (χ3n) is 2.13. The molecule has 0 bridgehead atoms. The summed E-state index contributed by atoms with van der Waals surface area (Å²) >= 11 is 3.10. The summed E-state index contributed by atoms with van der Waals surface area (Å²) in [6.45, 7) is 3.43. The Hall–Kier alpha value is -0.680. The van der Waals surface area contributed by atoms with Gasteiger partial charge in [0.1, 0.15) is 0 Å². The van der Waals surface area contributed by atoms with Gasteiger partial charge in [0.2, 0.25) is 0 Å². The first kappa shape index (κ1) is 10.4. The molecule has 13 heavy (non-hydrogen) atoms. The average molecular weight is 248 g/mol. The van der Waals surface area contributed by atoms with Crippen molar-refractivity contribution in [2.24, 2.45) is 5.92 Å². The van der Waals surface area contributed by atoms with Gasteiger partial charge in [0.05, 0.1) is 15.5 Å². The van der Waals surface area contributed by atoms with Gasteiger partial charge in [0, 0.05) is 12.0 Å². The van der Waals surface area contributed by atoms with Crippen molar-refractivity contribution in [3.05, 3.63) is 31.9 Å². The van der Waals surface area contributed by atoms with Gasteiger partial charge in [-0.2, -0.15) is 0 Å². The lowest BCUT2D eigenvalue weighted by Gasteiger charge is -2.21. The van der Waals surface area contributed by atoms with Gasteiger partial charge in [-0.05, 0) is 28.4 Å². The quantitative estimate of drug-likeness (QED) is 0.568. The van der Waals surface area contributed by atoms with E-state index in [0.717, 1.165) is 0 Å². The average Bonchev–Trinajstić information content (AvgIpc) is 2.07. The number of hydrogen-bond donors (Lipinski definition) is 1. The molecule has 1 aliphatic rings. The molecule has 0 spiro atoms. The molecule has 0 amide bonds. The summed E-state index contributed by atoms with van der Waals surface area (Å²) in [5.41, 5.74) is 0.650. The fraction of sp³-hybridized carbons (Fsp3) is 0.500. The maximum Gasteiger partial charge on any atom is 0.279 e. The lowest BCUT2D eigenvalue weighted by atomic mass is 9.92. The fourth-order valence-electron chi connectivity index (χ4n) is 1.28. The Morgan fingerprint density at radius 3 is 2.69 bits per heavy atom. The van der Waals surface area contributed by atoms with Crippen molar-refractivity contribution < 1.29 is 10.0 Å². The molecule has 0 heterocycles. The molecule has 0 fully saturated rings. The van der Waals surface area contributed by atoms with Crippen LogP contribution in [0.2, 0.25) is 0 Å². The van der Waals surface area contributed by atoms with Gasteiger partial charge in [0.25, 0.3) is 5.70 Å². The summed E-state index contributed by atoms with van der Waals surface area (Å²) in [5, 5.41) is 20.1. The molecular weight excluding hydrogens is 238 g/mol. The number of allylic oxidation sites excluding steroid dienone is 1. The van der Waals surface area contributed by atoms with Crippen LogP contribution < -0.4 is 0 Å². The van der Waals surface area contributed by atoms with E-state index < -0.39 is 11.0 Å². The van der Waals surface area contributed by atoms with Crippen LogP contribution in [0.1, 0.15) is 13.8 Å². The molecule has 0 saturated heterocycles. The van der Waals surface area contributed by atoms with Crippen molar-refractivity contribution >= 4 is 15.9 Å². The van der Waals surface area contributed by atoms with Crippen molar-refractivity contribution in [3.63, 3.8) is 0 Å². The molecule has 4 nitrogen and oxygen atoms in total. The van der Waals surface area contributed by atoms with Crippen LogP contribution in [0.3, 0.4) is 0 Å². The van der Waals surface area contributed by atoms with Crippen molar-refractivity contribution in [2.75, 3.05) is 0 Å². The second-order valence-electron chi connectivity index (χ2n) is 3.11. The minimum Gasteiger partial charge on any atom is -0.388 e. The maximum absolute atomic E-state index is 10.6. The normalized spacial score (nSPS) is 28.8. The van der Waals surface area contributed by atoms with E-state index in [1.165, 1.54) is 6.08 Å². The minimum absolute atomic E-state index is 0.0373. The number of hydrogen-bond acceptors (Lipinski definition) is 3. The topological polar surface area (TPSA) is 63.4 Å². The van der Waals surface area contributed by atoms with E-state index in [1.807, 2.05) is 0 Å². The Morgan fingerprint density at radius 2 is 2.23 bits per heavy atom. The lowest BCUT2D eigenvalue weighted by molar-refractivity contribution is -0.420. The summed E-state index contributed by atoms with van der Waals surface area (Å²) in [6, 6.07) is 0. The van der Waals surface area contributed by atoms with Gasteiger partial charge >= 0.3 is 0 Å². The fourth-order valence-corrected chi connectivity index (χ4v) is 1.79. The molecule has 72 valence electrons. The predicted octanol–water partition coefficient (Wildman–Crippen LogP) is 1.83. The maximum atomic E-state index is 10.6. The van der Waals surface area contributed by atoms with Crippen LogP contribution in [0.15, 0.2) is 21.8 Å². The van der Waals surface area contributed by atoms with Gasteiger partial charge in [-0.15, -0.1) is 0 Å². The third-order valence-corrected chi connectivity index (χ3v) is 3.16. The van der Waals surface area contributed by atoms with Crippen LogP contribution in [0.25, 0.3) is 0 Å². The van der Waals surface area contributed by atoms with Crippen LogP contribution in [0, 0.1) is 16.0 Å². The zero-order valence-corrected chi connectivity index (χ0v) is 8.91. The summed E-state index contributed by atoms with van der Waals surface area (Å²) in [4.78, 5) is 10.1. The van der Waals surface area contributed by atoms with Crippen LogP contribution >= 0.6 is 15.9 Å². The second-order valence-corrected chi connectivity index (χ2v) is 3.90. The monoisotopic (exact) mass is 247 g/mol. The number of aliphatic hydroxyl groups is 1. The molecule has 0 aromatic heterocycles. The van der Waals surface area contributed by atoms with Crippen LogP contribution in [0.5, 0.6) is 0 Å². The van der Waals surface area contributed by atoms with Crippen LogP contribution in [0.4, 0.5) is 0 Å². The molecule has 0 aromatic rings. The van der Waals surface area contributed by atoms with E-state index in [0.29, 0.717) is 10.1 Å². The molecule has 1 rings (SSSR count). The molecule has 0 radical (unpaired) electrons. The molecule has 2 unspecified atom stereocenters. The van der Waals surface area contributed by atoms with E-state index in [4.69, 9.17) is 0 Å². The van der Waals surface area contributed by atoms with Gasteiger partial charge in [-0.25, -0.2) is 0 Å². The number of nitrogens with zero attached hydrogens (tertiary/aromatic N) is 1. The van der Waals surface area contributed by atoms with Crippen molar-refractivity contribution in [3.8, 4) is 0 Å². The second kappa shape index (κ2) is 3.59. The van der Waals surface area contributed by atoms with Gasteiger partial charge < -0.3 is 5.11 Å². The molecule has 0 aromatic carbocycles. The van der Waals surface area contributed by atoms with Crippen LogP contribution in [-0.2, 0) is 0 Å². The van der Waals surface area contributed by atoms with Crippen LogP contribution in [-0.4, -0.2) is 16.1 Å². The Morgan fingerprint density at radius 1 is 1.69 bits per heavy atom. The largest absolute Gasteiger partial charge is 0.388 e. The highest BCUT2D eigenvalue weighted by molar-refractivity contribution is 9.12. The van der Waals surface area contributed by atoms with E-state index >= 15 is 0 Å². The van der Waals surface area contributed by atoms with E-state index in [9.17, 15) is 15.2 Å². The molecular formula is C8H10BrNO3. The minimum atomic E-state index is -0.627. The Labute approximate surface area is 84.2 Å². The summed E-state index contributed by atoms with van der Waals surface area (Å²) in [6.07, 6.45) is 0.833. The number of aliphatic hydroxyl groups excluding tert-OH is 1. The molecule has 1 aliphatic carbocycles. The molecule has 2 atom stereocenters. The first-order valence-electron chi connectivity index (χ1n) is 3.86. The first-order valence-corrected chi connectivity index (χ1v) is 4.65. The van der Waals surface area contributed by atoms with E-state index in [2.05, 4.69) is 15.9 Å². The third kappa shape index (κ3) is 1.81. The zero-order valence-electron chi connectivity index (χ0n) is 7.32. The Kier molecular flexibility index (Phi) is 2.87. The summed E-state index contributed by atoms with van der Waals surface area (Å²) in [5.74, 6) is -0.207. The van der Waals surface area contributed by atoms with Crippen molar-refractivity contribution in [1.29, 1.82) is 0 Å². The number of halogens is 1. The molecule has 1 N–H and O–H groups in total. The highest BCUT2D eigenvalue weighted by atomic mass is 79.9. The highest BCUT2D eigenvalue weighted by Gasteiger charge is 2.30. The molecule has 0 saturated carbocycles. The SMILES string of the molecule is CC1=C(Br)C([N+](=O)[O-])=CC(C)C1O. The number of nitro groups is 1. The van der Waals surface area contributed by atoms with Gasteiger partial charge in [-0.1, -0.05) is 6.92 Å². The smallest absolute Gasteiger partial charge is 0.279 e.